The first-order valence-electron chi connectivity index (χ1n) is 6.46. The molecule has 8 heteroatoms. The molecule has 21 heavy (non-hydrogen) atoms. The van der Waals surface area contributed by atoms with Crippen molar-refractivity contribution in [3.8, 4) is 11.5 Å². The zero-order valence-corrected chi connectivity index (χ0v) is 12.7. The van der Waals surface area contributed by atoms with Crippen LogP contribution in [0, 0.1) is 6.92 Å². The normalized spacial score (nSPS) is 11.4. The topological polar surface area (TPSA) is 91.0 Å². The lowest BCUT2D eigenvalue weighted by atomic mass is 10.2. The van der Waals surface area contributed by atoms with Crippen LogP contribution in [0.25, 0.3) is 11.5 Å². The Morgan fingerprint density at radius 2 is 2.00 bits per heavy atom. The highest BCUT2D eigenvalue weighted by atomic mass is 32.2. The molecule has 0 aliphatic carbocycles. The van der Waals surface area contributed by atoms with Gasteiger partial charge in [0, 0.05) is 5.92 Å². The molecule has 0 fully saturated rings. The summed E-state index contributed by atoms with van der Waals surface area (Å²) in [5.74, 6) is 3.07. The fourth-order valence-corrected chi connectivity index (χ4v) is 2.27. The number of aromatic nitrogens is 4. The third kappa shape index (κ3) is 2.99. The van der Waals surface area contributed by atoms with Crippen LogP contribution < -0.4 is 0 Å². The van der Waals surface area contributed by atoms with E-state index in [1.807, 2.05) is 20.8 Å². The van der Waals surface area contributed by atoms with Crippen LogP contribution in [-0.4, -0.2) is 20.4 Å². The van der Waals surface area contributed by atoms with E-state index in [-0.39, 0.29) is 5.92 Å². The number of thioether (sulfide) groups is 1. The summed E-state index contributed by atoms with van der Waals surface area (Å²) < 4.78 is 16.3. The van der Waals surface area contributed by atoms with Gasteiger partial charge in [0.15, 0.2) is 0 Å². The second kappa shape index (κ2) is 5.72. The third-order valence-corrected chi connectivity index (χ3v) is 3.59. The molecule has 0 N–H and O–H groups in total. The molecule has 0 unspecified atom stereocenters. The molecule has 7 nitrogen and oxygen atoms in total. The minimum atomic E-state index is 0.218. The van der Waals surface area contributed by atoms with Crippen LogP contribution in [0.4, 0.5) is 0 Å². The number of rotatable bonds is 5. The van der Waals surface area contributed by atoms with Crippen molar-refractivity contribution in [2.75, 3.05) is 0 Å². The standard InChI is InChI=1S/C13H14N4O3S/c1-7(2)11-15-14-10(19-11)6-21-13-17-16-12(20-13)9-4-5-18-8(9)3/h4-5,7H,6H2,1-3H3. The van der Waals surface area contributed by atoms with E-state index in [4.69, 9.17) is 13.3 Å². The van der Waals surface area contributed by atoms with E-state index < -0.39 is 0 Å². The molecule has 0 bridgehead atoms. The minimum absolute atomic E-state index is 0.218. The summed E-state index contributed by atoms with van der Waals surface area (Å²) in [7, 11) is 0. The van der Waals surface area contributed by atoms with Crippen molar-refractivity contribution in [1.82, 2.24) is 20.4 Å². The quantitative estimate of drug-likeness (QED) is 0.662. The highest BCUT2D eigenvalue weighted by molar-refractivity contribution is 7.98. The molecule has 0 atom stereocenters. The summed E-state index contributed by atoms with van der Waals surface area (Å²) in [5, 5.41) is 16.4. The van der Waals surface area contributed by atoms with E-state index >= 15 is 0 Å². The largest absolute Gasteiger partial charge is 0.469 e. The van der Waals surface area contributed by atoms with Gasteiger partial charge in [-0.05, 0) is 13.0 Å². The summed E-state index contributed by atoms with van der Waals surface area (Å²) >= 11 is 1.36. The van der Waals surface area contributed by atoms with Crippen LogP contribution in [0.15, 0.2) is 30.8 Å². The van der Waals surface area contributed by atoms with E-state index in [1.165, 1.54) is 11.8 Å². The average molecular weight is 306 g/mol. The number of furan rings is 1. The molecular formula is C13H14N4O3S. The maximum atomic E-state index is 5.58. The summed E-state index contributed by atoms with van der Waals surface area (Å²) in [6.45, 7) is 5.85. The van der Waals surface area contributed by atoms with Gasteiger partial charge in [-0.2, -0.15) is 0 Å². The van der Waals surface area contributed by atoms with Gasteiger partial charge in [-0.25, -0.2) is 0 Å². The van der Waals surface area contributed by atoms with Crippen LogP contribution in [0.3, 0.4) is 0 Å². The lowest BCUT2D eigenvalue weighted by Gasteiger charge is -1.94. The summed E-state index contributed by atoms with van der Waals surface area (Å²) in [4.78, 5) is 0. The molecule has 3 aromatic heterocycles. The SMILES string of the molecule is Cc1occc1-c1nnc(SCc2nnc(C(C)C)o2)o1. The molecule has 3 rings (SSSR count). The van der Waals surface area contributed by atoms with Gasteiger partial charge in [0.1, 0.15) is 5.76 Å². The van der Waals surface area contributed by atoms with Gasteiger partial charge >= 0.3 is 0 Å². The van der Waals surface area contributed by atoms with Crippen LogP contribution >= 0.6 is 11.8 Å². The van der Waals surface area contributed by atoms with Crippen molar-refractivity contribution in [3.63, 3.8) is 0 Å². The fraction of sp³-hybridized carbons (Fsp3) is 0.385. The van der Waals surface area contributed by atoms with Crippen molar-refractivity contribution >= 4 is 11.8 Å². The van der Waals surface area contributed by atoms with Gasteiger partial charge in [0.05, 0.1) is 17.6 Å². The van der Waals surface area contributed by atoms with Crippen LogP contribution in [0.1, 0.15) is 37.3 Å². The minimum Gasteiger partial charge on any atom is -0.469 e. The van der Waals surface area contributed by atoms with Gasteiger partial charge in [0.25, 0.3) is 11.1 Å². The molecule has 0 radical (unpaired) electrons. The molecule has 110 valence electrons. The second-order valence-electron chi connectivity index (χ2n) is 4.74. The first-order chi connectivity index (χ1) is 10.1. The number of aryl methyl sites for hydroxylation is 1. The first-order valence-corrected chi connectivity index (χ1v) is 7.45. The Morgan fingerprint density at radius 3 is 2.67 bits per heavy atom. The van der Waals surface area contributed by atoms with Crippen LogP contribution in [0.5, 0.6) is 0 Å². The Hall–Kier alpha value is -2.09. The zero-order valence-electron chi connectivity index (χ0n) is 11.9. The van der Waals surface area contributed by atoms with E-state index in [0.717, 1.165) is 11.3 Å². The summed E-state index contributed by atoms with van der Waals surface area (Å²) in [6.07, 6.45) is 1.59. The predicted molar refractivity (Wildman–Crippen MR) is 74.7 cm³/mol. The Labute approximate surface area is 125 Å². The molecule has 0 saturated carbocycles. The molecule has 0 amide bonds. The molecule has 3 aromatic rings. The van der Waals surface area contributed by atoms with Crippen molar-refractivity contribution in [2.45, 2.75) is 37.7 Å². The molecular weight excluding hydrogens is 292 g/mol. The van der Waals surface area contributed by atoms with Crippen molar-refractivity contribution < 1.29 is 13.3 Å². The van der Waals surface area contributed by atoms with Gasteiger partial charge in [-0.15, -0.1) is 20.4 Å². The van der Waals surface area contributed by atoms with Gasteiger partial charge in [0.2, 0.25) is 11.8 Å². The summed E-state index contributed by atoms with van der Waals surface area (Å²) in [5.41, 5.74) is 0.800. The Kier molecular flexibility index (Phi) is 3.78. The van der Waals surface area contributed by atoms with Crippen molar-refractivity contribution in [3.05, 3.63) is 29.9 Å². The highest BCUT2D eigenvalue weighted by Gasteiger charge is 2.15. The molecule has 3 heterocycles. The smallest absolute Gasteiger partial charge is 0.277 e. The average Bonchev–Trinajstić information content (AvgIpc) is 3.16. The molecule has 0 aliphatic rings. The molecule has 0 aliphatic heterocycles. The van der Waals surface area contributed by atoms with Crippen LogP contribution in [0.2, 0.25) is 0 Å². The van der Waals surface area contributed by atoms with Gasteiger partial charge < -0.3 is 13.3 Å². The molecule has 0 saturated heterocycles. The fourth-order valence-electron chi connectivity index (χ4n) is 1.67. The number of hydrogen-bond donors (Lipinski definition) is 0. The van der Waals surface area contributed by atoms with E-state index in [9.17, 15) is 0 Å². The van der Waals surface area contributed by atoms with E-state index in [2.05, 4.69) is 20.4 Å². The molecule has 0 aromatic carbocycles. The first kappa shape index (κ1) is 13.9. The Balaban J connectivity index is 1.66. The van der Waals surface area contributed by atoms with Crippen molar-refractivity contribution in [2.24, 2.45) is 0 Å². The Bertz CT molecular complexity index is 731. The number of hydrogen-bond acceptors (Lipinski definition) is 8. The number of nitrogens with zero attached hydrogens (tertiary/aromatic N) is 4. The Morgan fingerprint density at radius 1 is 1.14 bits per heavy atom. The lowest BCUT2D eigenvalue weighted by Crippen LogP contribution is -1.85. The van der Waals surface area contributed by atoms with Crippen molar-refractivity contribution in [1.29, 1.82) is 0 Å². The predicted octanol–water partition coefficient (Wildman–Crippen LogP) is 3.44. The monoisotopic (exact) mass is 306 g/mol. The molecule has 0 spiro atoms. The second-order valence-corrected chi connectivity index (χ2v) is 5.67. The summed E-state index contributed by atoms with van der Waals surface area (Å²) in [6, 6.07) is 1.80. The third-order valence-electron chi connectivity index (χ3n) is 2.79. The van der Waals surface area contributed by atoms with Crippen LogP contribution in [-0.2, 0) is 5.75 Å². The maximum absolute atomic E-state index is 5.58. The van der Waals surface area contributed by atoms with Gasteiger partial charge in [-0.1, -0.05) is 25.6 Å². The zero-order chi connectivity index (χ0) is 14.8. The maximum Gasteiger partial charge on any atom is 0.277 e. The lowest BCUT2D eigenvalue weighted by molar-refractivity contribution is 0.442. The van der Waals surface area contributed by atoms with E-state index in [1.54, 1.807) is 12.3 Å². The van der Waals surface area contributed by atoms with Gasteiger partial charge in [-0.3, -0.25) is 0 Å². The highest BCUT2D eigenvalue weighted by Crippen LogP contribution is 2.27. The van der Waals surface area contributed by atoms with E-state index in [0.29, 0.717) is 28.6 Å².